The van der Waals surface area contributed by atoms with Crippen molar-refractivity contribution in [2.24, 2.45) is 0 Å². The fourth-order valence-electron chi connectivity index (χ4n) is 2.00. The normalized spacial score (nSPS) is 14.6. The number of hydrogen-bond acceptors (Lipinski definition) is 3. The standard InChI is InChI=1S/C12H9F2N3O2/c13-7-2-1-3-8(9(7)14)17-11(6-4-5-6)10(12(18)19)15-16-17/h1-3,6H,4-5H2,(H,18,19). The summed E-state index contributed by atoms with van der Waals surface area (Å²) in [7, 11) is 0. The first-order valence-electron chi connectivity index (χ1n) is 5.73. The van der Waals surface area contributed by atoms with E-state index in [0.29, 0.717) is 5.69 Å². The molecule has 3 rings (SSSR count). The molecule has 1 aliphatic carbocycles. The van der Waals surface area contributed by atoms with Gasteiger partial charge in [-0.05, 0) is 25.0 Å². The van der Waals surface area contributed by atoms with Crippen molar-refractivity contribution in [3.63, 3.8) is 0 Å². The Morgan fingerprint density at radius 1 is 1.37 bits per heavy atom. The van der Waals surface area contributed by atoms with Crippen LogP contribution in [0.1, 0.15) is 34.9 Å². The van der Waals surface area contributed by atoms with Crippen molar-refractivity contribution < 1.29 is 18.7 Å². The molecule has 1 aromatic heterocycles. The molecule has 0 bridgehead atoms. The molecule has 0 spiro atoms. The summed E-state index contributed by atoms with van der Waals surface area (Å²) in [6.07, 6.45) is 1.59. The van der Waals surface area contributed by atoms with E-state index in [1.807, 2.05) is 0 Å². The lowest BCUT2D eigenvalue weighted by molar-refractivity contribution is 0.0689. The van der Waals surface area contributed by atoms with E-state index in [9.17, 15) is 13.6 Å². The summed E-state index contributed by atoms with van der Waals surface area (Å²) < 4.78 is 28.1. The molecule has 98 valence electrons. The van der Waals surface area contributed by atoms with Gasteiger partial charge >= 0.3 is 5.97 Å². The molecule has 19 heavy (non-hydrogen) atoms. The molecule has 0 aliphatic heterocycles. The number of nitrogens with zero attached hydrogens (tertiary/aromatic N) is 3. The van der Waals surface area contributed by atoms with Gasteiger partial charge in [0, 0.05) is 5.92 Å². The van der Waals surface area contributed by atoms with Crippen LogP contribution in [-0.4, -0.2) is 26.1 Å². The number of rotatable bonds is 3. The van der Waals surface area contributed by atoms with Gasteiger partial charge in [0.15, 0.2) is 17.3 Å². The maximum Gasteiger partial charge on any atom is 0.358 e. The average molecular weight is 265 g/mol. The van der Waals surface area contributed by atoms with Crippen molar-refractivity contribution in [2.45, 2.75) is 18.8 Å². The Hall–Kier alpha value is -2.31. The summed E-state index contributed by atoms with van der Waals surface area (Å²) in [5, 5.41) is 16.2. The molecule has 1 aliphatic rings. The first-order chi connectivity index (χ1) is 9.09. The topological polar surface area (TPSA) is 68.0 Å². The molecule has 0 saturated heterocycles. The second kappa shape index (κ2) is 4.11. The molecule has 2 aromatic rings. The lowest BCUT2D eigenvalue weighted by Gasteiger charge is -2.07. The molecule has 1 aromatic carbocycles. The third-order valence-electron chi connectivity index (χ3n) is 3.03. The van der Waals surface area contributed by atoms with Crippen LogP contribution < -0.4 is 0 Å². The van der Waals surface area contributed by atoms with E-state index in [2.05, 4.69) is 10.3 Å². The van der Waals surface area contributed by atoms with Crippen LogP contribution in [0.5, 0.6) is 0 Å². The first-order valence-corrected chi connectivity index (χ1v) is 5.73. The van der Waals surface area contributed by atoms with Gasteiger partial charge in [-0.2, -0.15) is 0 Å². The van der Waals surface area contributed by atoms with E-state index < -0.39 is 17.6 Å². The number of aromatic carboxylic acids is 1. The molecule has 0 radical (unpaired) electrons. The molecule has 1 N–H and O–H groups in total. The highest BCUT2D eigenvalue weighted by Crippen LogP contribution is 2.42. The Kier molecular flexibility index (Phi) is 2.55. The Morgan fingerprint density at radius 3 is 2.74 bits per heavy atom. The Labute approximate surface area is 106 Å². The first kappa shape index (κ1) is 11.8. The summed E-state index contributed by atoms with van der Waals surface area (Å²) in [5.41, 5.74) is 0.00469. The predicted molar refractivity (Wildman–Crippen MR) is 60.2 cm³/mol. The van der Waals surface area contributed by atoms with Crippen molar-refractivity contribution in [3.05, 3.63) is 41.2 Å². The zero-order valence-corrected chi connectivity index (χ0v) is 9.68. The fourth-order valence-corrected chi connectivity index (χ4v) is 2.00. The largest absolute Gasteiger partial charge is 0.476 e. The molecule has 0 atom stereocenters. The monoisotopic (exact) mass is 265 g/mol. The average Bonchev–Trinajstić information content (AvgIpc) is 3.11. The third kappa shape index (κ3) is 1.87. The highest BCUT2D eigenvalue weighted by molar-refractivity contribution is 5.87. The van der Waals surface area contributed by atoms with Crippen LogP contribution in [0.3, 0.4) is 0 Å². The van der Waals surface area contributed by atoms with Crippen molar-refractivity contribution in [3.8, 4) is 5.69 Å². The molecule has 5 nitrogen and oxygen atoms in total. The molecule has 0 amide bonds. The van der Waals surface area contributed by atoms with Gasteiger partial charge in [-0.25, -0.2) is 18.3 Å². The Morgan fingerprint density at radius 2 is 2.11 bits per heavy atom. The van der Waals surface area contributed by atoms with Crippen molar-refractivity contribution in [1.29, 1.82) is 0 Å². The van der Waals surface area contributed by atoms with Gasteiger partial charge in [-0.1, -0.05) is 11.3 Å². The maximum absolute atomic E-state index is 13.8. The molecular weight excluding hydrogens is 256 g/mol. The van der Waals surface area contributed by atoms with Gasteiger partial charge in [0.25, 0.3) is 0 Å². The van der Waals surface area contributed by atoms with E-state index in [1.165, 1.54) is 12.1 Å². The second-order valence-corrected chi connectivity index (χ2v) is 4.39. The molecular formula is C12H9F2N3O2. The van der Waals surface area contributed by atoms with Gasteiger partial charge in [0.1, 0.15) is 5.69 Å². The SMILES string of the molecule is O=C(O)c1nnn(-c2cccc(F)c2F)c1C1CC1. The van der Waals surface area contributed by atoms with E-state index in [4.69, 9.17) is 5.11 Å². The number of carbonyl (C=O) groups is 1. The van der Waals surface area contributed by atoms with Crippen LogP contribution in [-0.2, 0) is 0 Å². The van der Waals surface area contributed by atoms with E-state index in [0.717, 1.165) is 23.6 Å². The summed E-state index contributed by atoms with van der Waals surface area (Å²) in [6.45, 7) is 0. The van der Waals surface area contributed by atoms with Crippen LogP contribution in [0, 0.1) is 11.6 Å². The van der Waals surface area contributed by atoms with E-state index in [1.54, 1.807) is 0 Å². The number of benzene rings is 1. The van der Waals surface area contributed by atoms with E-state index in [-0.39, 0.29) is 17.3 Å². The van der Waals surface area contributed by atoms with Gasteiger partial charge in [-0.3, -0.25) is 0 Å². The van der Waals surface area contributed by atoms with Crippen molar-refractivity contribution in [2.75, 3.05) is 0 Å². The van der Waals surface area contributed by atoms with E-state index >= 15 is 0 Å². The van der Waals surface area contributed by atoms with Crippen molar-refractivity contribution >= 4 is 5.97 Å². The number of carboxylic acid groups (broad SMARTS) is 1. The van der Waals surface area contributed by atoms with Gasteiger partial charge in [-0.15, -0.1) is 5.10 Å². The lowest BCUT2D eigenvalue weighted by atomic mass is 10.2. The molecule has 0 unspecified atom stereocenters. The lowest BCUT2D eigenvalue weighted by Crippen LogP contribution is -2.08. The highest BCUT2D eigenvalue weighted by atomic mass is 19.2. The minimum atomic E-state index is -1.22. The molecule has 7 heteroatoms. The second-order valence-electron chi connectivity index (χ2n) is 4.39. The summed E-state index contributed by atoms with van der Waals surface area (Å²) in [6, 6.07) is 3.67. The summed E-state index contributed by atoms with van der Waals surface area (Å²) >= 11 is 0. The van der Waals surface area contributed by atoms with Gasteiger partial charge in [0.05, 0.1) is 5.69 Å². The maximum atomic E-state index is 13.8. The number of halogens is 2. The quantitative estimate of drug-likeness (QED) is 0.923. The van der Waals surface area contributed by atoms with Gasteiger partial charge < -0.3 is 5.11 Å². The fraction of sp³-hybridized carbons (Fsp3) is 0.250. The minimum Gasteiger partial charge on any atom is -0.476 e. The highest BCUT2D eigenvalue weighted by Gasteiger charge is 2.34. The van der Waals surface area contributed by atoms with Crippen LogP contribution in [0.2, 0.25) is 0 Å². The molecule has 1 fully saturated rings. The number of aromatic nitrogens is 3. The Balaban J connectivity index is 2.20. The van der Waals surface area contributed by atoms with Crippen molar-refractivity contribution in [1.82, 2.24) is 15.0 Å². The smallest absolute Gasteiger partial charge is 0.358 e. The summed E-state index contributed by atoms with van der Waals surface area (Å²) in [4.78, 5) is 11.1. The van der Waals surface area contributed by atoms with Crippen LogP contribution >= 0.6 is 0 Å². The van der Waals surface area contributed by atoms with Crippen LogP contribution in [0.15, 0.2) is 18.2 Å². The predicted octanol–water partition coefficient (Wildman–Crippen LogP) is 2.12. The number of hydrogen-bond donors (Lipinski definition) is 1. The molecule has 1 heterocycles. The molecule has 1 saturated carbocycles. The zero-order valence-electron chi connectivity index (χ0n) is 9.68. The zero-order chi connectivity index (χ0) is 13.6. The minimum absolute atomic E-state index is 0.0104. The van der Waals surface area contributed by atoms with Gasteiger partial charge in [0.2, 0.25) is 0 Å². The Bertz CT molecular complexity index is 665. The number of carboxylic acids is 1. The summed E-state index contributed by atoms with van der Waals surface area (Å²) in [5.74, 6) is -3.30. The third-order valence-corrected chi connectivity index (χ3v) is 3.03. The van der Waals surface area contributed by atoms with Crippen LogP contribution in [0.4, 0.5) is 8.78 Å². The van der Waals surface area contributed by atoms with Crippen LogP contribution in [0.25, 0.3) is 5.69 Å².